The zero-order chi connectivity index (χ0) is 18.7. The zero-order valence-corrected chi connectivity index (χ0v) is 15.4. The molecule has 0 aliphatic carbocycles. The summed E-state index contributed by atoms with van der Waals surface area (Å²) >= 11 is 0. The maximum Gasteiger partial charge on any atom is 0.259 e. The second kappa shape index (κ2) is 7.43. The van der Waals surface area contributed by atoms with E-state index in [4.69, 9.17) is 9.47 Å². The topological polar surface area (TPSA) is 77.8 Å². The van der Waals surface area contributed by atoms with Gasteiger partial charge in [0.15, 0.2) is 5.65 Å². The van der Waals surface area contributed by atoms with Crippen LogP contribution in [0, 0.1) is 13.8 Å². The van der Waals surface area contributed by atoms with E-state index in [2.05, 4.69) is 15.4 Å². The van der Waals surface area contributed by atoms with Gasteiger partial charge in [-0.2, -0.15) is 5.10 Å². The van der Waals surface area contributed by atoms with Crippen molar-refractivity contribution < 1.29 is 14.3 Å². The summed E-state index contributed by atoms with van der Waals surface area (Å²) in [6, 6.07) is 7.23. The van der Waals surface area contributed by atoms with Gasteiger partial charge in [-0.05, 0) is 39.8 Å². The fourth-order valence-corrected chi connectivity index (χ4v) is 2.72. The summed E-state index contributed by atoms with van der Waals surface area (Å²) in [7, 11) is 0. The molecule has 0 atom stereocenters. The van der Waals surface area contributed by atoms with E-state index < -0.39 is 0 Å². The van der Waals surface area contributed by atoms with E-state index in [9.17, 15) is 4.79 Å². The van der Waals surface area contributed by atoms with Gasteiger partial charge in [-0.3, -0.25) is 4.79 Å². The van der Waals surface area contributed by atoms with Gasteiger partial charge in [0.2, 0.25) is 0 Å². The molecular formula is C19H22N4O3. The third-order valence-corrected chi connectivity index (χ3v) is 3.90. The van der Waals surface area contributed by atoms with E-state index in [1.165, 1.54) is 0 Å². The molecule has 0 fully saturated rings. The van der Waals surface area contributed by atoms with Crippen LogP contribution in [0.1, 0.15) is 35.6 Å². The smallest absolute Gasteiger partial charge is 0.259 e. The summed E-state index contributed by atoms with van der Waals surface area (Å²) in [6.07, 6.45) is 1.56. The number of aryl methyl sites for hydroxylation is 2. The Morgan fingerprint density at radius 1 is 1.15 bits per heavy atom. The average molecular weight is 354 g/mol. The molecule has 0 unspecified atom stereocenters. The molecule has 1 aromatic carbocycles. The Morgan fingerprint density at radius 3 is 2.65 bits per heavy atom. The number of amides is 1. The molecule has 0 aliphatic heterocycles. The van der Waals surface area contributed by atoms with Crippen LogP contribution in [0.2, 0.25) is 0 Å². The number of hydrogen-bond donors (Lipinski definition) is 1. The molecule has 2 heterocycles. The highest BCUT2D eigenvalue weighted by Gasteiger charge is 2.16. The lowest BCUT2D eigenvalue weighted by molar-refractivity contribution is 0.102. The van der Waals surface area contributed by atoms with Crippen LogP contribution in [0.15, 0.2) is 30.5 Å². The normalized spacial score (nSPS) is 10.8. The summed E-state index contributed by atoms with van der Waals surface area (Å²) in [6.45, 7) is 8.57. The minimum absolute atomic E-state index is 0.278. The van der Waals surface area contributed by atoms with Gasteiger partial charge in [-0.25, -0.2) is 9.50 Å². The molecule has 3 rings (SSSR count). The largest absolute Gasteiger partial charge is 0.494 e. The second-order valence-electron chi connectivity index (χ2n) is 5.79. The third kappa shape index (κ3) is 3.46. The van der Waals surface area contributed by atoms with Crippen LogP contribution in [-0.4, -0.2) is 33.7 Å². The van der Waals surface area contributed by atoms with E-state index >= 15 is 0 Å². The fourth-order valence-electron chi connectivity index (χ4n) is 2.72. The number of nitrogens with zero attached hydrogens (tertiary/aromatic N) is 3. The maximum absolute atomic E-state index is 12.8. The van der Waals surface area contributed by atoms with Gasteiger partial charge in [0.05, 0.1) is 35.9 Å². The van der Waals surface area contributed by atoms with Crippen molar-refractivity contribution in [1.29, 1.82) is 0 Å². The van der Waals surface area contributed by atoms with Gasteiger partial charge < -0.3 is 14.8 Å². The molecule has 0 radical (unpaired) electrons. The van der Waals surface area contributed by atoms with Gasteiger partial charge in [0, 0.05) is 18.3 Å². The van der Waals surface area contributed by atoms with Crippen molar-refractivity contribution in [2.24, 2.45) is 0 Å². The lowest BCUT2D eigenvalue weighted by Gasteiger charge is -2.14. The number of rotatable bonds is 6. The minimum Gasteiger partial charge on any atom is -0.494 e. The van der Waals surface area contributed by atoms with E-state index in [-0.39, 0.29) is 5.91 Å². The number of fused-ring (bicyclic) bond motifs is 1. The summed E-state index contributed by atoms with van der Waals surface area (Å²) in [5, 5.41) is 7.28. The standard InChI is InChI=1S/C19H22N4O3/c1-5-25-14-7-8-17(26-6-2)16(10-14)21-19(24)15-11-20-18-9-12(3)22-23(18)13(15)4/h7-11H,5-6H2,1-4H3,(H,21,24). The number of anilines is 1. The SMILES string of the molecule is CCOc1ccc(OCC)c(NC(=O)c2cnc3cc(C)nn3c2C)c1. The van der Waals surface area contributed by atoms with Crippen LogP contribution in [0.3, 0.4) is 0 Å². The van der Waals surface area contributed by atoms with Crippen molar-refractivity contribution in [3.05, 3.63) is 47.4 Å². The predicted molar refractivity (Wildman–Crippen MR) is 99.2 cm³/mol. The van der Waals surface area contributed by atoms with E-state index in [0.29, 0.717) is 41.6 Å². The molecule has 136 valence electrons. The third-order valence-electron chi connectivity index (χ3n) is 3.90. The molecule has 7 nitrogen and oxygen atoms in total. The van der Waals surface area contributed by atoms with Crippen LogP contribution >= 0.6 is 0 Å². The molecular weight excluding hydrogens is 332 g/mol. The van der Waals surface area contributed by atoms with Crippen molar-refractivity contribution >= 4 is 17.2 Å². The van der Waals surface area contributed by atoms with Crippen LogP contribution in [0.5, 0.6) is 11.5 Å². The number of aromatic nitrogens is 3. The Hall–Kier alpha value is -3.09. The molecule has 2 aromatic heterocycles. The number of hydrogen-bond acceptors (Lipinski definition) is 5. The number of carbonyl (C=O) groups excluding carboxylic acids is 1. The lowest BCUT2D eigenvalue weighted by Crippen LogP contribution is -2.17. The minimum atomic E-state index is -0.278. The second-order valence-corrected chi connectivity index (χ2v) is 5.79. The van der Waals surface area contributed by atoms with Gasteiger partial charge >= 0.3 is 0 Å². The van der Waals surface area contributed by atoms with E-state index in [1.54, 1.807) is 22.8 Å². The Kier molecular flexibility index (Phi) is 5.06. The highest BCUT2D eigenvalue weighted by Crippen LogP contribution is 2.30. The van der Waals surface area contributed by atoms with Crippen molar-refractivity contribution in [1.82, 2.24) is 14.6 Å². The first-order chi connectivity index (χ1) is 12.5. The highest BCUT2D eigenvalue weighted by atomic mass is 16.5. The van der Waals surface area contributed by atoms with Crippen LogP contribution < -0.4 is 14.8 Å². The number of benzene rings is 1. The fraction of sp³-hybridized carbons (Fsp3) is 0.316. The molecule has 7 heteroatoms. The maximum atomic E-state index is 12.8. The first-order valence-corrected chi connectivity index (χ1v) is 8.56. The van der Waals surface area contributed by atoms with Crippen molar-refractivity contribution in [2.45, 2.75) is 27.7 Å². The molecule has 1 amide bonds. The molecule has 26 heavy (non-hydrogen) atoms. The van der Waals surface area contributed by atoms with Gasteiger partial charge in [0.25, 0.3) is 5.91 Å². The first-order valence-electron chi connectivity index (χ1n) is 8.56. The molecule has 0 bridgehead atoms. The molecule has 0 saturated carbocycles. The highest BCUT2D eigenvalue weighted by molar-refractivity contribution is 6.05. The Balaban J connectivity index is 1.94. The number of nitrogens with one attached hydrogen (secondary N) is 1. The Morgan fingerprint density at radius 2 is 1.92 bits per heavy atom. The molecule has 0 aliphatic rings. The quantitative estimate of drug-likeness (QED) is 0.734. The lowest BCUT2D eigenvalue weighted by atomic mass is 10.2. The Labute approximate surface area is 152 Å². The van der Waals surface area contributed by atoms with Crippen LogP contribution in [0.4, 0.5) is 5.69 Å². The van der Waals surface area contributed by atoms with Gasteiger partial charge in [-0.1, -0.05) is 0 Å². The zero-order valence-electron chi connectivity index (χ0n) is 15.4. The Bertz CT molecular complexity index is 949. The van der Waals surface area contributed by atoms with Crippen LogP contribution in [-0.2, 0) is 0 Å². The summed E-state index contributed by atoms with van der Waals surface area (Å²) in [4.78, 5) is 17.1. The van der Waals surface area contributed by atoms with Crippen molar-refractivity contribution in [3.8, 4) is 11.5 Å². The number of carbonyl (C=O) groups is 1. The molecule has 1 N–H and O–H groups in total. The van der Waals surface area contributed by atoms with Gasteiger partial charge in [0.1, 0.15) is 11.5 Å². The average Bonchev–Trinajstić information content (AvgIpc) is 2.99. The number of ether oxygens (including phenoxy) is 2. The first kappa shape index (κ1) is 17.7. The van der Waals surface area contributed by atoms with E-state index in [1.807, 2.05) is 39.8 Å². The predicted octanol–water partition coefficient (Wildman–Crippen LogP) is 3.40. The molecule has 0 spiro atoms. The summed E-state index contributed by atoms with van der Waals surface area (Å²) < 4.78 is 12.8. The van der Waals surface area contributed by atoms with Gasteiger partial charge in [-0.15, -0.1) is 0 Å². The monoisotopic (exact) mass is 354 g/mol. The molecule has 0 saturated heterocycles. The van der Waals surface area contributed by atoms with Crippen LogP contribution in [0.25, 0.3) is 5.65 Å². The van der Waals surface area contributed by atoms with Crippen molar-refractivity contribution in [2.75, 3.05) is 18.5 Å². The van der Waals surface area contributed by atoms with Crippen molar-refractivity contribution in [3.63, 3.8) is 0 Å². The van der Waals surface area contributed by atoms with E-state index in [0.717, 1.165) is 11.4 Å². The summed E-state index contributed by atoms with van der Waals surface area (Å²) in [5.41, 5.74) is 3.29. The molecule has 3 aromatic rings. The summed E-state index contributed by atoms with van der Waals surface area (Å²) in [5.74, 6) is 0.977.